The first-order valence-corrected chi connectivity index (χ1v) is 7.58. The normalized spacial score (nSPS) is 15.0. The summed E-state index contributed by atoms with van der Waals surface area (Å²) in [7, 11) is 0. The molecule has 0 amide bonds. The Kier molecular flexibility index (Phi) is 4.35. The fourth-order valence-electron chi connectivity index (χ4n) is 2.49. The molecule has 1 saturated heterocycles. The van der Waals surface area contributed by atoms with E-state index in [2.05, 4.69) is 9.88 Å². The molecular weight excluding hydrogens is 329 g/mol. The number of halogens is 4. The average molecular weight is 343 g/mol. The summed E-state index contributed by atoms with van der Waals surface area (Å²) in [4.78, 5) is 5.67. The van der Waals surface area contributed by atoms with E-state index in [0.29, 0.717) is 5.02 Å². The fourth-order valence-corrected chi connectivity index (χ4v) is 2.70. The maximum Gasteiger partial charge on any atom is 0.433 e. The molecular formula is C16H14ClF3N2O. The topological polar surface area (TPSA) is 25.4 Å². The van der Waals surface area contributed by atoms with Crippen LogP contribution in [0.2, 0.25) is 5.02 Å². The summed E-state index contributed by atoms with van der Waals surface area (Å²) in [5, 5.41) is 0.341. The number of pyridine rings is 1. The van der Waals surface area contributed by atoms with Gasteiger partial charge in [0.25, 0.3) is 0 Å². The highest BCUT2D eigenvalue weighted by Crippen LogP contribution is 2.34. The number of anilines is 1. The number of alkyl halides is 3. The van der Waals surface area contributed by atoms with E-state index in [-0.39, 0.29) is 11.6 Å². The molecule has 0 radical (unpaired) electrons. The highest BCUT2D eigenvalue weighted by atomic mass is 35.5. The summed E-state index contributed by atoms with van der Waals surface area (Å²) >= 11 is 6.19. The number of rotatable bonds is 3. The van der Waals surface area contributed by atoms with E-state index >= 15 is 0 Å². The van der Waals surface area contributed by atoms with Gasteiger partial charge in [-0.25, -0.2) is 4.98 Å². The van der Waals surface area contributed by atoms with Crippen LogP contribution < -0.4 is 9.64 Å². The Bertz CT molecular complexity index is 700. The van der Waals surface area contributed by atoms with Crippen molar-refractivity contribution in [3.63, 3.8) is 0 Å². The van der Waals surface area contributed by atoms with Crippen LogP contribution in [0.4, 0.5) is 18.9 Å². The number of aromatic nitrogens is 1. The standard InChI is InChI=1S/C16H14ClF3N2O/c17-12-10-11(22-8-1-2-9-22)6-7-13(12)23-15-5-3-4-14(21-15)16(18,19)20/h3-7,10H,1-2,8-9H2. The van der Waals surface area contributed by atoms with E-state index in [1.807, 2.05) is 6.07 Å². The second-order valence-corrected chi connectivity index (χ2v) is 5.68. The van der Waals surface area contributed by atoms with Gasteiger partial charge in [0.15, 0.2) is 0 Å². The summed E-state index contributed by atoms with van der Waals surface area (Å²) in [5.41, 5.74) is -0.0170. The van der Waals surface area contributed by atoms with Crippen molar-refractivity contribution < 1.29 is 17.9 Å². The van der Waals surface area contributed by atoms with E-state index in [4.69, 9.17) is 16.3 Å². The number of ether oxygens (including phenoxy) is 1. The Morgan fingerprint density at radius 2 is 1.83 bits per heavy atom. The van der Waals surface area contributed by atoms with Crippen molar-refractivity contribution in [2.75, 3.05) is 18.0 Å². The Morgan fingerprint density at radius 1 is 1.09 bits per heavy atom. The smallest absolute Gasteiger partial charge is 0.433 e. The predicted molar refractivity (Wildman–Crippen MR) is 82.2 cm³/mol. The predicted octanol–water partition coefficient (Wildman–Crippen LogP) is 5.15. The van der Waals surface area contributed by atoms with Crippen LogP contribution in [-0.2, 0) is 6.18 Å². The summed E-state index contributed by atoms with van der Waals surface area (Å²) in [6.07, 6.45) is -2.23. The summed E-state index contributed by atoms with van der Waals surface area (Å²) in [5.74, 6) is 0.136. The minimum Gasteiger partial charge on any atom is -0.437 e. The maximum atomic E-state index is 12.7. The molecule has 0 unspecified atom stereocenters. The first-order valence-electron chi connectivity index (χ1n) is 7.20. The number of hydrogen-bond donors (Lipinski definition) is 0. The monoisotopic (exact) mass is 342 g/mol. The van der Waals surface area contributed by atoms with Crippen molar-refractivity contribution in [1.29, 1.82) is 0 Å². The van der Waals surface area contributed by atoms with Crippen molar-refractivity contribution in [2.45, 2.75) is 19.0 Å². The molecule has 7 heteroatoms. The summed E-state index contributed by atoms with van der Waals surface area (Å²) < 4.78 is 43.4. The van der Waals surface area contributed by atoms with Crippen molar-refractivity contribution >= 4 is 17.3 Å². The molecule has 2 aromatic rings. The molecule has 1 aromatic heterocycles. The molecule has 1 aliphatic heterocycles. The van der Waals surface area contributed by atoms with Gasteiger partial charge in [0.05, 0.1) is 5.02 Å². The lowest BCUT2D eigenvalue weighted by molar-refractivity contribution is -0.141. The van der Waals surface area contributed by atoms with Gasteiger partial charge < -0.3 is 9.64 Å². The lowest BCUT2D eigenvalue weighted by Crippen LogP contribution is -2.17. The molecule has 0 saturated carbocycles. The summed E-state index contributed by atoms with van der Waals surface area (Å²) in [6.45, 7) is 1.96. The molecule has 3 rings (SSSR count). The third kappa shape index (κ3) is 3.69. The number of hydrogen-bond acceptors (Lipinski definition) is 3. The van der Waals surface area contributed by atoms with E-state index < -0.39 is 11.9 Å². The fraction of sp³-hybridized carbons (Fsp3) is 0.312. The molecule has 1 fully saturated rings. The van der Waals surface area contributed by atoms with E-state index in [0.717, 1.165) is 37.7 Å². The lowest BCUT2D eigenvalue weighted by atomic mass is 10.3. The minimum atomic E-state index is -4.51. The van der Waals surface area contributed by atoms with Crippen molar-refractivity contribution in [2.24, 2.45) is 0 Å². The quantitative estimate of drug-likeness (QED) is 0.771. The number of benzene rings is 1. The molecule has 1 aromatic carbocycles. The molecule has 0 atom stereocenters. The second-order valence-electron chi connectivity index (χ2n) is 5.27. The molecule has 0 aliphatic carbocycles. The second kappa shape index (κ2) is 6.28. The molecule has 0 N–H and O–H groups in total. The van der Waals surface area contributed by atoms with Crippen LogP contribution in [0.15, 0.2) is 36.4 Å². The molecule has 122 valence electrons. The van der Waals surface area contributed by atoms with Gasteiger partial charge in [-0.1, -0.05) is 17.7 Å². The molecule has 2 heterocycles. The van der Waals surface area contributed by atoms with Gasteiger partial charge in [0.1, 0.15) is 11.4 Å². The Hall–Kier alpha value is -1.95. The van der Waals surface area contributed by atoms with Crippen LogP contribution in [0.25, 0.3) is 0 Å². The van der Waals surface area contributed by atoms with Gasteiger partial charge >= 0.3 is 6.18 Å². The van der Waals surface area contributed by atoms with Gasteiger partial charge in [-0.3, -0.25) is 0 Å². The SMILES string of the molecule is FC(F)(F)c1cccc(Oc2ccc(N3CCCC3)cc2Cl)n1. The van der Waals surface area contributed by atoms with E-state index in [9.17, 15) is 13.2 Å². The highest BCUT2D eigenvalue weighted by Gasteiger charge is 2.32. The van der Waals surface area contributed by atoms with Gasteiger partial charge in [0.2, 0.25) is 5.88 Å². The zero-order valence-corrected chi connectivity index (χ0v) is 12.9. The average Bonchev–Trinajstić information content (AvgIpc) is 3.03. The summed E-state index contributed by atoms with van der Waals surface area (Å²) in [6, 6.07) is 8.76. The third-order valence-electron chi connectivity index (χ3n) is 3.62. The Balaban J connectivity index is 1.80. The molecule has 1 aliphatic rings. The van der Waals surface area contributed by atoms with E-state index in [1.54, 1.807) is 12.1 Å². The number of nitrogens with zero attached hydrogens (tertiary/aromatic N) is 2. The molecule has 0 spiro atoms. The Morgan fingerprint density at radius 3 is 2.48 bits per heavy atom. The van der Waals surface area contributed by atoms with Gasteiger partial charge in [-0.05, 0) is 37.1 Å². The lowest BCUT2D eigenvalue weighted by Gasteiger charge is -2.18. The minimum absolute atomic E-state index is 0.143. The first kappa shape index (κ1) is 15.9. The zero-order valence-electron chi connectivity index (χ0n) is 12.1. The maximum absolute atomic E-state index is 12.7. The molecule has 0 bridgehead atoms. The van der Waals surface area contributed by atoms with Gasteiger partial charge in [-0.2, -0.15) is 13.2 Å². The highest BCUT2D eigenvalue weighted by molar-refractivity contribution is 6.32. The van der Waals surface area contributed by atoms with Crippen LogP contribution in [0.1, 0.15) is 18.5 Å². The van der Waals surface area contributed by atoms with Crippen LogP contribution in [0.5, 0.6) is 11.6 Å². The van der Waals surface area contributed by atoms with Gasteiger partial charge in [-0.15, -0.1) is 0 Å². The Labute approximate surface area is 136 Å². The largest absolute Gasteiger partial charge is 0.437 e. The van der Waals surface area contributed by atoms with Crippen LogP contribution >= 0.6 is 11.6 Å². The first-order chi connectivity index (χ1) is 10.9. The van der Waals surface area contributed by atoms with E-state index in [1.165, 1.54) is 12.1 Å². The molecule has 3 nitrogen and oxygen atoms in total. The van der Waals surface area contributed by atoms with Crippen molar-refractivity contribution in [1.82, 2.24) is 4.98 Å². The van der Waals surface area contributed by atoms with Crippen molar-refractivity contribution in [3.05, 3.63) is 47.1 Å². The molecule has 23 heavy (non-hydrogen) atoms. The van der Waals surface area contributed by atoms with Crippen LogP contribution in [0.3, 0.4) is 0 Å². The van der Waals surface area contributed by atoms with Gasteiger partial charge in [0, 0.05) is 24.8 Å². The van der Waals surface area contributed by atoms with Crippen LogP contribution in [0, 0.1) is 0 Å². The third-order valence-corrected chi connectivity index (χ3v) is 3.91. The zero-order chi connectivity index (χ0) is 16.4. The van der Waals surface area contributed by atoms with Crippen LogP contribution in [-0.4, -0.2) is 18.1 Å². The van der Waals surface area contributed by atoms with Crippen molar-refractivity contribution in [3.8, 4) is 11.6 Å².